The second-order valence-corrected chi connectivity index (χ2v) is 5.10. The van der Waals surface area contributed by atoms with Gasteiger partial charge >= 0.3 is 5.97 Å². The minimum atomic E-state index is -1.00. The van der Waals surface area contributed by atoms with Crippen LogP contribution in [0.15, 0.2) is 29.3 Å². The molecule has 1 N–H and O–H groups in total. The highest BCUT2D eigenvalue weighted by Gasteiger charge is 2.30. The van der Waals surface area contributed by atoms with Crippen LogP contribution < -0.4 is 0 Å². The molecule has 1 heterocycles. The molecule has 0 aromatic heterocycles. The van der Waals surface area contributed by atoms with Gasteiger partial charge in [0.1, 0.15) is 10.3 Å². The monoisotopic (exact) mass is 269 g/mol. The Hall–Kier alpha value is -1.33. The molecule has 0 spiro atoms. The summed E-state index contributed by atoms with van der Waals surface area (Å²) < 4.78 is 0. The van der Waals surface area contributed by atoms with Crippen molar-refractivity contribution in [1.82, 2.24) is 0 Å². The molecule has 1 aliphatic rings. The molecule has 1 atom stereocenters. The van der Waals surface area contributed by atoms with Crippen LogP contribution in [0.4, 0.5) is 0 Å². The van der Waals surface area contributed by atoms with Gasteiger partial charge in [-0.3, -0.25) is 9.59 Å². The minimum Gasteiger partial charge on any atom is -0.481 e. The van der Waals surface area contributed by atoms with Crippen molar-refractivity contribution in [3.63, 3.8) is 0 Å². The number of carbonyl (C=O) groups is 2. The van der Waals surface area contributed by atoms with Gasteiger partial charge in [0.15, 0.2) is 0 Å². The van der Waals surface area contributed by atoms with Gasteiger partial charge in [0.2, 0.25) is 0 Å². The highest BCUT2D eigenvalue weighted by molar-refractivity contribution is 8.16. The largest absolute Gasteiger partial charge is 0.481 e. The van der Waals surface area contributed by atoms with Crippen LogP contribution in [0, 0.1) is 0 Å². The fraction of sp³-hybridized carbons (Fsp3) is 0.182. The molecule has 0 aliphatic carbocycles. The summed E-state index contributed by atoms with van der Waals surface area (Å²) in [5.74, 6) is -1.40. The molecule has 1 aromatic rings. The smallest absolute Gasteiger partial charge is 0.305 e. The Balaban J connectivity index is 2.18. The van der Waals surface area contributed by atoms with Crippen molar-refractivity contribution < 1.29 is 14.7 Å². The summed E-state index contributed by atoms with van der Waals surface area (Å²) in [7, 11) is 0. The van der Waals surface area contributed by atoms with Crippen molar-refractivity contribution in [2.24, 2.45) is 4.99 Å². The highest BCUT2D eigenvalue weighted by Crippen LogP contribution is 2.29. The zero-order valence-corrected chi connectivity index (χ0v) is 10.2. The van der Waals surface area contributed by atoms with E-state index < -0.39 is 17.1 Å². The minimum absolute atomic E-state index is 0.211. The van der Waals surface area contributed by atoms with E-state index in [0.29, 0.717) is 10.1 Å². The topological polar surface area (TPSA) is 66.7 Å². The molecule has 1 aromatic carbocycles. The first-order valence-electron chi connectivity index (χ1n) is 4.83. The maximum absolute atomic E-state index is 11.5. The maximum atomic E-state index is 11.5. The summed E-state index contributed by atoms with van der Waals surface area (Å²) in [4.78, 5) is 25.9. The zero-order chi connectivity index (χ0) is 12.4. The predicted molar refractivity (Wildman–Crippen MR) is 66.6 cm³/mol. The number of carboxylic acid groups (broad SMARTS) is 1. The van der Waals surface area contributed by atoms with Crippen LogP contribution in [0.3, 0.4) is 0 Å². The molecular weight excluding hydrogens is 262 g/mol. The van der Waals surface area contributed by atoms with Gasteiger partial charge in [-0.2, -0.15) is 0 Å². The highest BCUT2D eigenvalue weighted by atomic mass is 35.5. The molecule has 0 saturated carbocycles. The van der Waals surface area contributed by atoms with Gasteiger partial charge < -0.3 is 5.11 Å². The number of hydrogen-bond acceptors (Lipinski definition) is 3. The Morgan fingerprint density at radius 1 is 1.53 bits per heavy atom. The van der Waals surface area contributed by atoms with Crippen LogP contribution in [0.5, 0.6) is 0 Å². The number of amides is 1. The molecule has 1 amide bonds. The van der Waals surface area contributed by atoms with Gasteiger partial charge in [-0.25, -0.2) is 4.99 Å². The Morgan fingerprint density at radius 2 is 2.29 bits per heavy atom. The fourth-order valence-electron chi connectivity index (χ4n) is 1.43. The van der Waals surface area contributed by atoms with E-state index in [1.807, 2.05) is 0 Å². The molecular formula is C11H8ClNO3S. The Kier molecular flexibility index (Phi) is 3.49. The lowest BCUT2D eigenvalue weighted by molar-refractivity contribution is -0.138. The van der Waals surface area contributed by atoms with Crippen LogP contribution in [0.25, 0.3) is 0 Å². The lowest BCUT2D eigenvalue weighted by atomic mass is 10.2. The first kappa shape index (κ1) is 12.1. The van der Waals surface area contributed by atoms with E-state index in [1.165, 1.54) is 11.8 Å². The quantitative estimate of drug-likeness (QED) is 0.913. The summed E-state index contributed by atoms with van der Waals surface area (Å²) in [5, 5.41) is 9.12. The summed E-state index contributed by atoms with van der Waals surface area (Å²) in [6.07, 6.45) is -0.211. The second-order valence-electron chi connectivity index (χ2n) is 3.47. The number of benzene rings is 1. The van der Waals surface area contributed by atoms with Gasteiger partial charge in [-0.05, 0) is 12.1 Å². The van der Waals surface area contributed by atoms with E-state index in [-0.39, 0.29) is 6.42 Å². The van der Waals surface area contributed by atoms with Crippen molar-refractivity contribution in [2.45, 2.75) is 11.7 Å². The number of nitrogens with zero attached hydrogens (tertiary/aromatic N) is 1. The third kappa shape index (κ3) is 2.87. The van der Waals surface area contributed by atoms with E-state index in [9.17, 15) is 9.59 Å². The van der Waals surface area contributed by atoms with Crippen molar-refractivity contribution in [3.8, 4) is 0 Å². The average molecular weight is 270 g/mol. The number of rotatable bonds is 3. The van der Waals surface area contributed by atoms with Gasteiger partial charge in [0.25, 0.3) is 5.91 Å². The van der Waals surface area contributed by atoms with Gasteiger partial charge in [0.05, 0.1) is 6.42 Å². The Bertz CT molecular complexity index is 515. The van der Waals surface area contributed by atoms with Crippen molar-refractivity contribution in [3.05, 3.63) is 34.9 Å². The predicted octanol–water partition coefficient (Wildman–Crippen LogP) is 2.20. The number of halogens is 1. The Labute approximate surface area is 107 Å². The lowest BCUT2D eigenvalue weighted by Crippen LogP contribution is -2.15. The van der Waals surface area contributed by atoms with E-state index in [4.69, 9.17) is 16.7 Å². The van der Waals surface area contributed by atoms with Crippen molar-refractivity contribution in [1.29, 1.82) is 0 Å². The molecule has 0 fully saturated rings. The van der Waals surface area contributed by atoms with Crippen molar-refractivity contribution >= 4 is 40.3 Å². The average Bonchev–Trinajstić information content (AvgIpc) is 2.59. The van der Waals surface area contributed by atoms with Crippen molar-refractivity contribution in [2.75, 3.05) is 0 Å². The normalized spacial score (nSPS) is 19.2. The molecule has 88 valence electrons. The molecule has 17 heavy (non-hydrogen) atoms. The van der Waals surface area contributed by atoms with Crippen LogP contribution in [0.1, 0.15) is 12.0 Å². The zero-order valence-electron chi connectivity index (χ0n) is 8.59. The van der Waals surface area contributed by atoms with Gasteiger partial charge in [-0.15, -0.1) is 0 Å². The summed E-state index contributed by atoms with van der Waals surface area (Å²) in [6.45, 7) is 0. The molecule has 0 unspecified atom stereocenters. The molecule has 0 radical (unpaired) electrons. The molecule has 0 bridgehead atoms. The molecule has 4 nitrogen and oxygen atoms in total. The summed E-state index contributed by atoms with van der Waals surface area (Å²) in [6, 6.07) is 6.97. The third-order valence-electron chi connectivity index (χ3n) is 2.17. The summed E-state index contributed by atoms with van der Waals surface area (Å²) in [5.41, 5.74) is 0.740. The first-order chi connectivity index (χ1) is 8.06. The van der Waals surface area contributed by atoms with E-state index in [1.54, 1.807) is 24.3 Å². The molecule has 1 aliphatic heterocycles. The number of carboxylic acids is 1. The second kappa shape index (κ2) is 4.89. The summed E-state index contributed by atoms with van der Waals surface area (Å²) >= 11 is 7.01. The van der Waals surface area contributed by atoms with Crippen LogP contribution in [-0.2, 0) is 9.59 Å². The van der Waals surface area contributed by atoms with Crippen LogP contribution in [-0.4, -0.2) is 27.3 Å². The number of thioether (sulfide) groups is 1. The SMILES string of the molecule is O=C(O)C[C@@H]1SC(c2cccc(Cl)c2)=NC1=O. The molecule has 0 saturated heterocycles. The number of aliphatic imine (C=N–C) groups is 1. The van der Waals surface area contributed by atoms with E-state index in [2.05, 4.69) is 4.99 Å². The lowest BCUT2D eigenvalue weighted by Gasteiger charge is -2.03. The molecule has 2 rings (SSSR count). The fourth-order valence-corrected chi connectivity index (χ4v) is 2.67. The third-order valence-corrected chi connectivity index (χ3v) is 3.61. The van der Waals surface area contributed by atoms with Gasteiger partial charge in [-0.1, -0.05) is 35.5 Å². The van der Waals surface area contributed by atoms with E-state index in [0.717, 1.165) is 5.56 Å². The first-order valence-corrected chi connectivity index (χ1v) is 6.09. The van der Waals surface area contributed by atoms with Crippen LogP contribution >= 0.6 is 23.4 Å². The number of hydrogen-bond donors (Lipinski definition) is 1. The van der Waals surface area contributed by atoms with E-state index >= 15 is 0 Å². The molecule has 6 heteroatoms. The van der Waals surface area contributed by atoms with Crippen LogP contribution in [0.2, 0.25) is 5.02 Å². The number of carbonyl (C=O) groups excluding carboxylic acids is 1. The standard InChI is InChI=1S/C11H8ClNO3S/c12-7-3-1-2-6(4-7)11-13-10(16)8(17-11)5-9(14)15/h1-4,8H,5H2,(H,14,15)/t8-/m0/s1. The van der Waals surface area contributed by atoms with Gasteiger partial charge in [0, 0.05) is 10.6 Å². The number of aliphatic carboxylic acids is 1. The maximum Gasteiger partial charge on any atom is 0.305 e. The Morgan fingerprint density at radius 3 is 2.94 bits per heavy atom.